The fraction of sp³-hybridized carbons (Fsp3) is 0.176. The maximum absolute atomic E-state index is 12.1. The molecule has 2 N–H and O–H groups in total. The Bertz CT molecular complexity index is 816. The average Bonchev–Trinajstić information content (AvgIpc) is 3.24. The number of carbonyl (C=O) groups excluding carboxylic acids is 2. The van der Waals surface area contributed by atoms with Gasteiger partial charge in [0.15, 0.2) is 5.17 Å². The molecular weight excluding hydrogens is 356 g/mol. The number of hydrogen-bond acceptors (Lipinski definition) is 6. The first-order valence-corrected chi connectivity index (χ1v) is 9.36. The van der Waals surface area contributed by atoms with Crippen LogP contribution in [-0.2, 0) is 9.59 Å². The van der Waals surface area contributed by atoms with Crippen molar-refractivity contribution in [3.05, 3.63) is 52.7 Å². The van der Waals surface area contributed by atoms with E-state index in [1.807, 2.05) is 42.6 Å². The molecule has 1 aromatic carbocycles. The highest BCUT2D eigenvalue weighted by Gasteiger charge is 2.32. The summed E-state index contributed by atoms with van der Waals surface area (Å²) in [7, 11) is 0. The van der Waals surface area contributed by atoms with Crippen LogP contribution in [0.1, 0.15) is 18.2 Å². The van der Waals surface area contributed by atoms with E-state index < -0.39 is 5.25 Å². The van der Waals surface area contributed by atoms with Crippen LogP contribution in [0, 0.1) is 0 Å². The van der Waals surface area contributed by atoms with Gasteiger partial charge in [0.1, 0.15) is 5.25 Å². The first-order chi connectivity index (χ1) is 12.1. The molecule has 0 unspecified atom stereocenters. The van der Waals surface area contributed by atoms with Crippen LogP contribution < -0.4 is 10.6 Å². The Hall–Kier alpha value is -2.45. The molecule has 0 aliphatic carbocycles. The summed E-state index contributed by atoms with van der Waals surface area (Å²) in [6, 6.07) is 13.1. The van der Waals surface area contributed by atoms with E-state index in [-0.39, 0.29) is 18.2 Å². The van der Waals surface area contributed by atoms with Crippen molar-refractivity contribution < 1.29 is 9.59 Å². The molecule has 0 radical (unpaired) electrons. The van der Waals surface area contributed by atoms with Crippen LogP contribution in [0.2, 0.25) is 0 Å². The molecule has 1 fully saturated rings. The van der Waals surface area contributed by atoms with Gasteiger partial charge in [0, 0.05) is 12.1 Å². The van der Waals surface area contributed by atoms with Crippen LogP contribution in [0.15, 0.2) is 58.0 Å². The number of hydrogen-bond donors (Lipinski definition) is 2. The lowest BCUT2D eigenvalue weighted by molar-refractivity contribution is -0.122. The molecule has 6 nitrogen and oxygen atoms in total. The van der Waals surface area contributed by atoms with Gasteiger partial charge in [0.2, 0.25) is 11.8 Å². The van der Waals surface area contributed by atoms with Crippen molar-refractivity contribution in [1.29, 1.82) is 0 Å². The summed E-state index contributed by atoms with van der Waals surface area (Å²) in [6.07, 6.45) is 0.0814. The normalized spacial score (nSPS) is 19.1. The number of carbonyl (C=O) groups is 2. The fourth-order valence-electron chi connectivity index (χ4n) is 2.14. The maximum atomic E-state index is 12.1. The first kappa shape index (κ1) is 17.4. The van der Waals surface area contributed by atoms with E-state index in [2.05, 4.69) is 20.8 Å². The minimum Gasteiger partial charge on any atom is -0.326 e. The molecule has 0 saturated carbocycles. The Labute approximate surface area is 153 Å². The minimum absolute atomic E-state index is 0.0814. The smallest absolute Gasteiger partial charge is 0.240 e. The van der Waals surface area contributed by atoms with Crippen LogP contribution in [-0.4, -0.2) is 27.9 Å². The summed E-state index contributed by atoms with van der Waals surface area (Å²) in [4.78, 5) is 25.1. The second kappa shape index (κ2) is 8.09. The highest BCUT2D eigenvalue weighted by molar-refractivity contribution is 8.15. The third-order valence-electron chi connectivity index (χ3n) is 3.37. The van der Waals surface area contributed by atoms with Gasteiger partial charge in [0.05, 0.1) is 10.6 Å². The number of benzene rings is 1. The fourth-order valence-corrected chi connectivity index (χ4v) is 3.73. The number of thioether (sulfide) groups is 1. The highest BCUT2D eigenvalue weighted by Crippen LogP contribution is 2.23. The number of rotatable bonds is 5. The Morgan fingerprint density at radius 1 is 1.24 bits per heavy atom. The monoisotopic (exact) mass is 372 g/mol. The molecule has 128 valence electrons. The number of para-hydroxylation sites is 1. The minimum atomic E-state index is -0.500. The zero-order valence-corrected chi connectivity index (χ0v) is 15.1. The van der Waals surface area contributed by atoms with Crippen molar-refractivity contribution in [3.8, 4) is 0 Å². The summed E-state index contributed by atoms with van der Waals surface area (Å²) in [5.74, 6) is -0.436. The lowest BCUT2D eigenvalue weighted by atomic mass is 10.2. The molecule has 2 aromatic rings. The lowest BCUT2D eigenvalue weighted by Crippen LogP contribution is -2.28. The van der Waals surface area contributed by atoms with Gasteiger partial charge in [-0.1, -0.05) is 36.0 Å². The largest absolute Gasteiger partial charge is 0.326 e. The van der Waals surface area contributed by atoms with Gasteiger partial charge in [0.25, 0.3) is 0 Å². The SMILES string of the molecule is C/C(=N/N=C1\NC(=O)[C@@H](CC(=O)Nc2ccccc2)S1)c1cccs1. The number of anilines is 1. The molecule has 0 bridgehead atoms. The topological polar surface area (TPSA) is 82.9 Å². The Kier molecular flexibility index (Phi) is 5.62. The molecule has 1 atom stereocenters. The molecule has 8 heteroatoms. The molecule has 1 aromatic heterocycles. The van der Waals surface area contributed by atoms with E-state index >= 15 is 0 Å². The third kappa shape index (κ3) is 4.77. The second-order valence-corrected chi connectivity index (χ2v) is 7.42. The summed E-state index contributed by atoms with van der Waals surface area (Å²) in [6.45, 7) is 1.86. The van der Waals surface area contributed by atoms with Crippen LogP contribution in [0.4, 0.5) is 5.69 Å². The quantitative estimate of drug-likeness (QED) is 0.625. The number of nitrogens with one attached hydrogen (secondary N) is 2. The number of thiophene rings is 1. The van der Waals surface area contributed by atoms with Gasteiger partial charge in [-0.3, -0.25) is 9.59 Å². The maximum Gasteiger partial charge on any atom is 0.240 e. The standard InChI is InChI=1S/C17H16N4O2S2/c1-11(13-8-5-9-24-13)20-21-17-19-16(23)14(25-17)10-15(22)18-12-6-3-2-4-7-12/h2-9,14H,10H2,1H3,(H,18,22)(H,19,21,23)/b20-11-/t14-/m1/s1. The van der Waals surface area contributed by atoms with Gasteiger partial charge in [-0.05, 0) is 30.5 Å². The van der Waals surface area contributed by atoms with Crippen molar-refractivity contribution >= 4 is 51.5 Å². The van der Waals surface area contributed by atoms with Crippen molar-refractivity contribution in [3.63, 3.8) is 0 Å². The summed E-state index contributed by atoms with van der Waals surface area (Å²) >= 11 is 2.80. The lowest BCUT2D eigenvalue weighted by Gasteiger charge is -2.06. The van der Waals surface area contributed by atoms with Gasteiger partial charge >= 0.3 is 0 Å². The van der Waals surface area contributed by atoms with E-state index in [0.29, 0.717) is 10.9 Å². The number of amides is 2. The predicted octanol–water partition coefficient (Wildman–Crippen LogP) is 3.09. The van der Waals surface area contributed by atoms with E-state index in [4.69, 9.17) is 0 Å². The van der Waals surface area contributed by atoms with Gasteiger partial charge in [-0.2, -0.15) is 5.10 Å². The van der Waals surface area contributed by atoms with E-state index in [1.165, 1.54) is 11.8 Å². The van der Waals surface area contributed by atoms with Crippen molar-refractivity contribution in [2.75, 3.05) is 5.32 Å². The molecular formula is C17H16N4O2S2. The molecule has 25 heavy (non-hydrogen) atoms. The van der Waals surface area contributed by atoms with Crippen molar-refractivity contribution in [1.82, 2.24) is 5.32 Å². The zero-order chi connectivity index (χ0) is 17.6. The van der Waals surface area contributed by atoms with Crippen LogP contribution in [0.5, 0.6) is 0 Å². The molecule has 2 amide bonds. The first-order valence-electron chi connectivity index (χ1n) is 7.60. The van der Waals surface area contributed by atoms with Crippen molar-refractivity contribution in [2.24, 2.45) is 10.2 Å². The average molecular weight is 372 g/mol. The summed E-state index contributed by atoms with van der Waals surface area (Å²) in [5, 5.41) is 15.5. The van der Waals surface area contributed by atoms with Crippen molar-refractivity contribution in [2.45, 2.75) is 18.6 Å². The van der Waals surface area contributed by atoms with Crippen LogP contribution in [0.25, 0.3) is 0 Å². The Morgan fingerprint density at radius 2 is 2.04 bits per heavy atom. The van der Waals surface area contributed by atoms with E-state index in [9.17, 15) is 9.59 Å². The Balaban J connectivity index is 1.58. The molecule has 1 aliphatic rings. The summed E-state index contributed by atoms with van der Waals surface area (Å²) in [5.41, 5.74) is 1.49. The van der Waals surface area contributed by atoms with Crippen LogP contribution in [0.3, 0.4) is 0 Å². The van der Waals surface area contributed by atoms with Crippen LogP contribution >= 0.6 is 23.1 Å². The summed E-state index contributed by atoms with van der Waals surface area (Å²) < 4.78 is 0. The predicted molar refractivity (Wildman–Crippen MR) is 103 cm³/mol. The second-order valence-electron chi connectivity index (χ2n) is 5.28. The van der Waals surface area contributed by atoms with E-state index in [1.54, 1.807) is 23.5 Å². The molecule has 3 rings (SSSR count). The molecule has 0 spiro atoms. The third-order valence-corrected chi connectivity index (χ3v) is 5.42. The molecule has 1 aliphatic heterocycles. The highest BCUT2D eigenvalue weighted by atomic mass is 32.2. The van der Waals surface area contributed by atoms with Gasteiger partial charge in [-0.15, -0.1) is 16.4 Å². The van der Waals surface area contributed by atoms with Gasteiger partial charge in [-0.25, -0.2) is 0 Å². The van der Waals surface area contributed by atoms with Gasteiger partial charge < -0.3 is 10.6 Å². The van der Waals surface area contributed by atoms with E-state index in [0.717, 1.165) is 10.6 Å². The molecule has 2 heterocycles. The Morgan fingerprint density at radius 3 is 2.76 bits per heavy atom. The molecule has 1 saturated heterocycles. The number of nitrogens with zero attached hydrogens (tertiary/aromatic N) is 2. The number of amidine groups is 1. The zero-order valence-electron chi connectivity index (χ0n) is 13.4.